The monoisotopic (exact) mass is 169 g/mol. The van der Waals surface area contributed by atoms with Crippen LogP contribution in [0, 0.1) is 5.92 Å². The molecule has 1 heteroatoms. The van der Waals surface area contributed by atoms with Crippen LogP contribution >= 0.6 is 7.26 Å². The maximum absolute atomic E-state index is 2.41. The van der Waals surface area contributed by atoms with Crippen molar-refractivity contribution in [2.24, 2.45) is 5.92 Å². The molecule has 1 aliphatic rings. The highest BCUT2D eigenvalue weighted by Crippen LogP contribution is 2.55. The van der Waals surface area contributed by atoms with Gasteiger partial charge in [-0.05, 0) is 6.92 Å². The van der Waals surface area contributed by atoms with Crippen molar-refractivity contribution in [2.45, 2.75) is 12.6 Å². The van der Waals surface area contributed by atoms with Crippen molar-refractivity contribution >= 4 is 7.26 Å². The molecule has 0 saturated heterocycles. The maximum atomic E-state index is 2.41. The molecule has 0 N–H and O–H groups in total. The normalized spacial score (nSPS) is 21.1. The lowest BCUT2D eigenvalue weighted by atomic mass is 10.1. The van der Waals surface area contributed by atoms with E-state index in [2.05, 4.69) is 51.2 Å². The molecule has 0 fully saturated rings. The van der Waals surface area contributed by atoms with E-state index < -0.39 is 7.26 Å². The molecule has 0 aromatic heterocycles. The molecule has 1 unspecified atom stereocenters. The van der Waals surface area contributed by atoms with Crippen LogP contribution in [0.25, 0.3) is 0 Å². The van der Waals surface area contributed by atoms with Crippen molar-refractivity contribution in [1.29, 1.82) is 0 Å². The third-order valence-corrected chi connectivity index (χ3v) is 5.34. The quantitative estimate of drug-likeness (QED) is 0.557. The molecule has 0 heterocycles. The number of rotatable bonds is 2. The van der Waals surface area contributed by atoms with Crippen molar-refractivity contribution < 1.29 is 0 Å². The molecule has 0 bridgehead atoms. The van der Waals surface area contributed by atoms with Gasteiger partial charge in [0.25, 0.3) is 0 Å². The van der Waals surface area contributed by atoms with E-state index in [4.69, 9.17) is 0 Å². The van der Waals surface area contributed by atoms with Gasteiger partial charge in [-0.15, -0.1) is 0 Å². The van der Waals surface area contributed by atoms with E-state index in [1.807, 2.05) is 0 Å². The van der Waals surface area contributed by atoms with Gasteiger partial charge in [0, 0.05) is 33.2 Å². The summed E-state index contributed by atoms with van der Waals surface area (Å²) in [5.74, 6) is 0.711. The Morgan fingerprint density at radius 3 is 1.91 bits per heavy atom. The molecule has 62 valence electrons. The zero-order chi connectivity index (χ0) is 8.48. The Bertz CT molecular complexity index is 172. The van der Waals surface area contributed by atoms with Gasteiger partial charge in [0.1, 0.15) is 0 Å². The van der Waals surface area contributed by atoms with E-state index in [1.54, 1.807) is 0 Å². The lowest BCUT2D eigenvalue weighted by Gasteiger charge is -2.24. The molecule has 0 radical (unpaired) electrons. The average Bonchev–Trinajstić information content (AvgIpc) is 2.34. The molecule has 0 spiro atoms. The predicted octanol–water partition coefficient (Wildman–Crippen LogP) is 3.02. The second-order valence-corrected chi connectivity index (χ2v) is 9.25. The largest absolute Gasteiger partial charge is 0.0758 e. The van der Waals surface area contributed by atoms with Gasteiger partial charge in [0.05, 0.1) is 5.66 Å². The second kappa shape index (κ2) is 3.11. The topological polar surface area (TPSA) is 0 Å². The molecule has 0 saturated carbocycles. The van der Waals surface area contributed by atoms with Crippen LogP contribution in [0.4, 0.5) is 0 Å². The minimum atomic E-state index is -0.658. The lowest BCUT2D eigenvalue weighted by Crippen LogP contribution is -2.15. The molecule has 0 aromatic rings. The first-order valence-corrected chi connectivity index (χ1v) is 7.38. The molecule has 11 heavy (non-hydrogen) atoms. The van der Waals surface area contributed by atoms with E-state index in [0.717, 1.165) is 5.66 Å². The van der Waals surface area contributed by atoms with Gasteiger partial charge < -0.3 is 0 Å². The molecular weight excluding hydrogens is 151 g/mol. The van der Waals surface area contributed by atoms with Crippen LogP contribution in [0.1, 0.15) is 6.92 Å². The SMILES string of the molecule is CC(C1C=CC=C1)[P+](C)(C)C. The maximum Gasteiger partial charge on any atom is 0.0758 e. The molecule has 0 aromatic carbocycles. The summed E-state index contributed by atoms with van der Waals surface area (Å²) in [6.45, 7) is 9.62. The van der Waals surface area contributed by atoms with E-state index in [9.17, 15) is 0 Å². The summed E-state index contributed by atoms with van der Waals surface area (Å²) in [6, 6.07) is 0. The number of hydrogen-bond acceptors (Lipinski definition) is 0. The fraction of sp³-hybridized carbons (Fsp3) is 0.600. The number of hydrogen-bond donors (Lipinski definition) is 0. The summed E-state index contributed by atoms with van der Waals surface area (Å²) in [6.07, 6.45) is 8.96. The zero-order valence-electron chi connectivity index (χ0n) is 7.91. The molecule has 0 aliphatic heterocycles. The van der Waals surface area contributed by atoms with Crippen molar-refractivity contribution in [1.82, 2.24) is 0 Å². The summed E-state index contributed by atoms with van der Waals surface area (Å²) in [5, 5.41) is 0. The third kappa shape index (κ3) is 2.17. The summed E-state index contributed by atoms with van der Waals surface area (Å²) >= 11 is 0. The highest BCUT2D eigenvalue weighted by molar-refractivity contribution is 7.74. The fourth-order valence-electron chi connectivity index (χ4n) is 1.29. The summed E-state index contributed by atoms with van der Waals surface area (Å²) < 4.78 is 0. The van der Waals surface area contributed by atoms with E-state index >= 15 is 0 Å². The van der Waals surface area contributed by atoms with Crippen molar-refractivity contribution in [3.8, 4) is 0 Å². The zero-order valence-corrected chi connectivity index (χ0v) is 8.81. The van der Waals surface area contributed by atoms with Crippen molar-refractivity contribution in [3.05, 3.63) is 24.3 Å². The minimum Gasteiger partial charge on any atom is -0.0738 e. The Balaban J connectivity index is 2.61. The van der Waals surface area contributed by atoms with Crippen LogP contribution < -0.4 is 0 Å². The molecule has 0 nitrogen and oxygen atoms in total. The van der Waals surface area contributed by atoms with Crippen LogP contribution in [0.15, 0.2) is 24.3 Å². The number of allylic oxidation sites excluding steroid dienone is 4. The Kier molecular flexibility index (Phi) is 2.54. The van der Waals surface area contributed by atoms with Gasteiger partial charge in [-0.3, -0.25) is 0 Å². The van der Waals surface area contributed by atoms with Crippen LogP contribution in [0.3, 0.4) is 0 Å². The Labute approximate surface area is 70.7 Å². The summed E-state index contributed by atoms with van der Waals surface area (Å²) in [4.78, 5) is 0. The fourth-order valence-corrected chi connectivity index (χ4v) is 2.52. The Morgan fingerprint density at radius 2 is 1.55 bits per heavy atom. The van der Waals surface area contributed by atoms with Crippen molar-refractivity contribution in [2.75, 3.05) is 20.0 Å². The van der Waals surface area contributed by atoms with Crippen molar-refractivity contribution in [3.63, 3.8) is 0 Å². The molecule has 1 aliphatic carbocycles. The first kappa shape index (κ1) is 9.00. The molecule has 1 atom stereocenters. The Hall–Kier alpha value is -0.0900. The average molecular weight is 169 g/mol. The molecular formula is C10H18P+. The van der Waals surface area contributed by atoms with Gasteiger partial charge in [0.2, 0.25) is 0 Å². The first-order valence-electron chi connectivity index (χ1n) is 4.18. The van der Waals surface area contributed by atoms with Gasteiger partial charge >= 0.3 is 0 Å². The summed E-state index contributed by atoms with van der Waals surface area (Å²) in [7, 11) is -0.658. The highest BCUT2D eigenvalue weighted by Gasteiger charge is 2.31. The van der Waals surface area contributed by atoms with E-state index in [1.165, 1.54) is 0 Å². The predicted molar refractivity (Wildman–Crippen MR) is 55.9 cm³/mol. The first-order chi connectivity index (χ1) is 5.02. The lowest BCUT2D eigenvalue weighted by molar-refractivity contribution is 0.788. The van der Waals surface area contributed by atoms with Gasteiger partial charge in [-0.1, -0.05) is 24.3 Å². The molecule has 1 rings (SSSR count). The van der Waals surface area contributed by atoms with E-state index in [-0.39, 0.29) is 0 Å². The highest BCUT2D eigenvalue weighted by atomic mass is 31.2. The second-order valence-electron chi connectivity index (χ2n) is 4.20. The van der Waals surface area contributed by atoms with Gasteiger partial charge in [-0.2, -0.15) is 0 Å². The standard InChI is InChI=1S/C10H18P/c1-9(11(2,3)4)10-7-5-6-8-10/h5-10H,1-4H3/q+1. The van der Waals surface area contributed by atoms with Gasteiger partial charge in [0.15, 0.2) is 0 Å². The van der Waals surface area contributed by atoms with Crippen LogP contribution in [0.2, 0.25) is 0 Å². The van der Waals surface area contributed by atoms with Crippen LogP contribution in [-0.2, 0) is 0 Å². The van der Waals surface area contributed by atoms with Crippen LogP contribution in [-0.4, -0.2) is 25.7 Å². The van der Waals surface area contributed by atoms with Crippen LogP contribution in [0.5, 0.6) is 0 Å². The minimum absolute atomic E-state index is 0.658. The van der Waals surface area contributed by atoms with Gasteiger partial charge in [-0.25, -0.2) is 0 Å². The molecule has 0 amide bonds. The smallest absolute Gasteiger partial charge is 0.0738 e. The van der Waals surface area contributed by atoms with E-state index in [0.29, 0.717) is 5.92 Å². The third-order valence-electron chi connectivity index (χ3n) is 2.56. The Morgan fingerprint density at radius 1 is 1.09 bits per heavy atom. The summed E-state index contributed by atoms with van der Waals surface area (Å²) in [5.41, 5.74) is 0.845.